The molecule has 0 amide bonds. The van der Waals surface area contributed by atoms with Crippen LogP contribution in [0, 0.1) is 0 Å². The molecule has 0 atom stereocenters. The van der Waals surface area contributed by atoms with E-state index in [1.54, 1.807) is 27.2 Å². The van der Waals surface area contributed by atoms with Crippen LogP contribution >= 0.6 is 0 Å². The molecule has 1 aromatic carbocycles. The number of ether oxygens (including phenoxy) is 4. The van der Waals surface area contributed by atoms with Gasteiger partial charge in [-0.15, -0.1) is 0 Å². The lowest BCUT2D eigenvalue weighted by molar-refractivity contribution is 0.168. The standard InChI is InChI=1S/C12H15NO5/c1-7(13-14)4-8-5-9(15-2)11-12(10(8)16-3)18-6-17-11/h5,14H,4,6H2,1-3H3. The first kappa shape index (κ1) is 12.3. The Morgan fingerprint density at radius 1 is 1.33 bits per heavy atom. The third-order valence-corrected chi connectivity index (χ3v) is 2.68. The summed E-state index contributed by atoms with van der Waals surface area (Å²) in [6, 6.07) is 1.79. The van der Waals surface area contributed by atoms with E-state index >= 15 is 0 Å². The molecule has 0 saturated carbocycles. The van der Waals surface area contributed by atoms with Gasteiger partial charge in [0.1, 0.15) is 0 Å². The van der Waals surface area contributed by atoms with Crippen molar-refractivity contribution >= 4 is 5.71 Å². The topological polar surface area (TPSA) is 69.5 Å². The highest BCUT2D eigenvalue weighted by Gasteiger charge is 2.27. The van der Waals surface area contributed by atoms with Crippen molar-refractivity contribution in [3.8, 4) is 23.0 Å². The van der Waals surface area contributed by atoms with E-state index in [4.69, 9.17) is 24.2 Å². The number of rotatable bonds is 4. The maximum Gasteiger partial charge on any atom is 0.231 e. The molecule has 0 unspecified atom stereocenters. The number of hydrogen-bond acceptors (Lipinski definition) is 6. The minimum absolute atomic E-state index is 0.137. The Kier molecular flexibility index (Phi) is 3.45. The van der Waals surface area contributed by atoms with Crippen LogP contribution in [0.4, 0.5) is 0 Å². The fraction of sp³-hybridized carbons (Fsp3) is 0.417. The zero-order chi connectivity index (χ0) is 13.1. The van der Waals surface area contributed by atoms with Crippen LogP contribution in [0.1, 0.15) is 12.5 Å². The molecule has 6 heteroatoms. The third-order valence-electron chi connectivity index (χ3n) is 2.68. The van der Waals surface area contributed by atoms with Gasteiger partial charge in [0, 0.05) is 12.0 Å². The molecule has 1 N–H and O–H groups in total. The highest BCUT2D eigenvalue weighted by atomic mass is 16.7. The number of nitrogens with zero attached hydrogens (tertiary/aromatic N) is 1. The molecule has 0 radical (unpaired) electrons. The molecule has 98 valence electrons. The zero-order valence-corrected chi connectivity index (χ0v) is 10.5. The van der Waals surface area contributed by atoms with Crippen molar-refractivity contribution in [1.29, 1.82) is 0 Å². The smallest absolute Gasteiger partial charge is 0.231 e. The van der Waals surface area contributed by atoms with E-state index in [1.807, 2.05) is 0 Å². The first-order chi connectivity index (χ1) is 8.71. The molecule has 0 bridgehead atoms. The molecule has 0 fully saturated rings. The number of benzene rings is 1. The van der Waals surface area contributed by atoms with Crippen LogP contribution < -0.4 is 18.9 Å². The van der Waals surface area contributed by atoms with E-state index in [2.05, 4.69) is 5.16 Å². The molecular formula is C12H15NO5. The van der Waals surface area contributed by atoms with E-state index in [0.717, 1.165) is 5.56 Å². The van der Waals surface area contributed by atoms with Crippen molar-refractivity contribution in [3.63, 3.8) is 0 Å². The molecule has 6 nitrogen and oxygen atoms in total. The van der Waals surface area contributed by atoms with Crippen LogP contribution in [0.5, 0.6) is 23.0 Å². The predicted octanol–water partition coefficient (Wildman–Crippen LogP) is 1.83. The second kappa shape index (κ2) is 5.03. The van der Waals surface area contributed by atoms with Gasteiger partial charge in [-0.05, 0) is 13.0 Å². The second-order valence-electron chi connectivity index (χ2n) is 3.85. The molecule has 2 rings (SSSR count). The van der Waals surface area contributed by atoms with E-state index in [-0.39, 0.29) is 6.79 Å². The van der Waals surface area contributed by atoms with E-state index in [1.165, 1.54) is 0 Å². The van der Waals surface area contributed by atoms with Gasteiger partial charge in [-0.2, -0.15) is 0 Å². The van der Waals surface area contributed by atoms with Gasteiger partial charge in [-0.1, -0.05) is 5.16 Å². The predicted molar refractivity (Wildman–Crippen MR) is 64.3 cm³/mol. The van der Waals surface area contributed by atoms with Crippen LogP contribution in [0.15, 0.2) is 11.2 Å². The Labute approximate surface area is 105 Å². The van der Waals surface area contributed by atoms with Crippen molar-refractivity contribution < 1.29 is 24.2 Å². The molecule has 1 heterocycles. The zero-order valence-electron chi connectivity index (χ0n) is 10.5. The molecule has 1 aliphatic heterocycles. The Bertz CT molecular complexity index is 484. The van der Waals surface area contributed by atoms with Crippen molar-refractivity contribution in [2.75, 3.05) is 21.0 Å². The monoisotopic (exact) mass is 253 g/mol. The Morgan fingerprint density at radius 2 is 2.06 bits per heavy atom. The van der Waals surface area contributed by atoms with Crippen LogP contribution in [-0.4, -0.2) is 31.9 Å². The maximum absolute atomic E-state index is 8.74. The van der Waals surface area contributed by atoms with Gasteiger partial charge in [0.25, 0.3) is 0 Å². The van der Waals surface area contributed by atoms with Crippen molar-refractivity contribution in [1.82, 2.24) is 0 Å². The Balaban J connectivity index is 2.51. The fourth-order valence-corrected chi connectivity index (χ4v) is 1.88. The largest absolute Gasteiger partial charge is 0.493 e. The summed E-state index contributed by atoms with van der Waals surface area (Å²) in [4.78, 5) is 0. The second-order valence-corrected chi connectivity index (χ2v) is 3.85. The van der Waals surface area contributed by atoms with Crippen LogP contribution in [0.25, 0.3) is 0 Å². The summed E-state index contributed by atoms with van der Waals surface area (Å²) in [6.07, 6.45) is 0.437. The Hall–Kier alpha value is -2.11. The van der Waals surface area contributed by atoms with Gasteiger partial charge >= 0.3 is 0 Å². The van der Waals surface area contributed by atoms with Gasteiger partial charge in [0.05, 0.1) is 19.9 Å². The van der Waals surface area contributed by atoms with Gasteiger partial charge in [-0.3, -0.25) is 0 Å². The number of hydrogen-bond donors (Lipinski definition) is 1. The van der Waals surface area contributed by atoms with Crippen LogP contribution in [-0.2, 0) is 6.42 Å². The van der Waals surface area contributed by atoms with E-state index in [0.29, 0.717) is 35.1 Å². The minimum atomic E-state index is 0.137. The third kappa shape index (κ3) is 2.01. The summed E-state index contributed by atoms with van der Waals surface area (Å²) in [5.74, 6) is 2.21. The average molecular weight is 253 g/mol. The number of oxime groups is 1. The molecule has 0 aliphatic carbocycles. The van der Waals surface area contributed by atoms with E-state index in [9.17, 15) is 0 Å². The number of methoxy groups -OCH3 is 2. The van der Waals surface area contributed by atoms with Crippen molar-refractivity contribution in [3.05, 3.63) is 11.6 Å². The summed E-state index contributed by atoms with van der Waals surface area (Å²) in [5.41, 5.74) is 1.38. The van der Waals surface area contributed by atoms with Gasteiger partial charge in [0.2, 0.25) is 18.3 Å². The van der Waals surface area contributed by atoms with Gasteiger partial charge in [-0.25, -0.2) is 0 Å². The minimum Gasteiger partial charge on any atom is -0.493 e. The van der Waals surface area contributed by atoms with Crippen LogP contribution in [0.2, 0.25) is 0 Å². The molecule has 0 aromatic heterocycles. The summed E-state index contributed by atoms with van der Waals surface area (Å²) in [7, 11) is 3.11. The van der Waals surface area contributed by atoms with Gasteiger partial charge in [0.15, 0.2) is 11.5 Å². The van der Waals surface area contributed by atoms with Crippen molar-refractivity contribution in [2.45, 2.75) is 13.3 Å². The molecule has 1 aromatic rings. The maximum atomic E-state index is 8.74. The number of fused-ring (bicyclic) bond motifs is 1. The first-order valence-electron chi connectivity index (χ1n) is 5.42. The SMILES string of the molecule is COc1cc(CC(C)=NO)c(OC)c2c1OCO2. The molecule has 0 spiro atoms. The lowest BCUT2D eigenvalue weighted by Gasteiger charge is -2.13. The Morgan fingerprint density at radius 3 is 2.67 bits per heavy atom. The summed E-state index contributed by atoms with van der Waals surface area (Å²) < 4.78 is 21.3. The highest BCUT2D eigenvalue weighted by molar-refractivity contribution is 5.85. The summed E-state index contributed by atoms with van der Waals surface area (Å²) >= 11 is 0. The highest BCUT2D eigenvalue weighted by Crippen LogP contribution is 2.49. The fourth-order valence-electron chi connectivity index (χ4n) is 1.88. The van der Waals surface area contributed by atoms with Crippen molar-refractivity contribution in [2.24, 2.45) is 5.16 Å². The summed E-state index contributed by atoms with van der Waals surface area (Å²) in [5, 5.41) is 11.9. The lowest BCUT2D eigenvalue weighted by Crippen LogP contribution is -2.02. The normalized spacial score (nSPS) is 13.6. The molecule has 0 saturated heterocycles. The average Bonchev–Trinajstić information content (AvgIpc) is 2.86. The van der Waals surface area contributed by atoms with Crippen LogP contribution in [0.3, 0.4) is 0 Å². The summed E-state index contributed by atoms with van der Waals surface area (Å²) in [6.45, 7) is 1.86. The van der Waals surface area contributed by atoms with Gasteiger partial charge < -0.3 is 24.2 Å². The lowest BCUT2D eigenvalue weighted by atomic mass is 10.1. The van der Waals surface area contributed by atoms with E-state index < -0.39 is 0 Å². The molecule has 18 heavy (non-hydrogen) atoms. The quantitative estimate of drug-likeness (QED) is 0.503. The first-order valence-corrected chi connectivity index (χ1v) is 5.42. The molecule has 1 aliphatic rings. The molecular weight excluding hydrogens is 238 g/mol.